The zero-order valence-electron chi connectivity index (χ0n) is 68.5. The number of carbonyl (C=O) groups is 3. The second-order valence-electron chi connectivity index (χ2n) is 28.9. The van der Waals surface area contributed by atoms with E-state index in [-0.39, 0.29) is 79.4 Å². The minimum absolute atomic E-state index is 0. The largest absolute Gasteiger partial charge is 0.399 e. The van der Waals surface area contributed by atoms with Crippen LogP contribution in [0.2, 0.25) is 5.28 Å². The Labute approximate surface area is 703 Å². The van der Waals surface area contributed by atoms with Crippen molar-refractivity contribution in [1.29, 1.82) is 0 Å². The molecule has 622 valence electrons. The third-order valence-electron chi connectivity index (χ3n) is 16.1. The third kappa shape index (κ3) is 40.8. The molecule has 0 spiro atoms. The second kappa shape index (κ2) is 52.6. The fraction of sp³-hybridized carbons (Fsp3) is 0.439. The minimum atomic E-state index is -3.22. The first-order valence-electron chi connectivity index (χ1n) is 36.4. The summed E-state index contributed by atoms with van der Waals surface area (Å²) in [7, 11) is 0. The number of ketones is 1. The summed E-state index contributed by atoms with van der Waals surface area (Å²) in [4.78, 5) is 69.1. The smallest absolute Gasteiger partial charge is 0.339 e. The van der Waals surface area contributed by atoms with Crippen LogP contribution in [0, 0.1) is 30.3 Å². The maximum Gasteiger partial charge on any atom is 0.339 e. The Kier molecular flexibility index (Phi) is 49.9. The topological polar surface area (TPSA) is 375 Å². The lowest BCUT2D eigenvalue weighted by Crippen LogP contribution is -2.33. The van der Waals surface area contributed by atoms with Gasteiger partial charge in [-0.15, -0.1) is 22.5 Å². The number of aliphatic hydroxyl groups is 1. The zero-order chi connectivity index (χ0) is 85.8. The van der Waals surface area contributed by atoms with Crippen LogP contribution in [0.3, 0.4) is 0 Å². The summed E-state index contributed by atoms with van der Waals surface area (Å²) in [6, 6.07) is 43.4. The molecule has 0 bridgehead atoms. The minimum Gasteiger partial charge on any atom is -0.399 e. The lowest BCUT2D eigenvalue weighted by Gasteiger charge is -2.22. The van der Waals surface area contributed by atoms with Crippen LogP contribution in [0.15, 0.2) is 133 Å². The summed E-state index contributed by atoms with van der Waals surface area (Å²) < 4.78 is 12.4. The van der Waals surface area contributed by atoms with Crippen molar-refractivity contribution < 1.29 is 45.6 Å². The highest BCUT2D eigenvalue weighted by Gasteiger charge is 2.29. The van der Waals surface area contributed by atoms with Crippen molar-refractivity contribution in [3.63, 3.8) is 0 Å². The van der Waals surface area contributed by atoms with Crippen molar-refractivity contribution in [1.82, 2.24) is 9.55 Å². The van der Waals surface area contributed by atoms with Crippen molar-refractivity contribution in [2.24, 2.45) is 0 Å². The second-order valence-corrected chi connectivity index (χ2v) is 38.3. The number of halogens is 6. The summed E-state index contributed by atoms with van der Waals surface area (Å²) in [5.41, 5.74) is 39.9. The van der Waals surface area contributed by atoms with E-state index < -0.39 is 20.1 Å². The number of amides is 2. The van der Waals surface area contributed by atoms with Gasteiger partial charge in [-0.3, -0.25) is 39.2 Å². The van der Waals surface area contributed by atoms with Crippen LogP contribution in [0.25, 0.3) is 11.0 Å². The summed E-state index contributed by atoms with van der Waals surface area (Å²) >= 11 is 22.3. The van der Waals surface area contributed by atoms with Gasteiger partial charge in [0.25, 0.3) is 16.5 Å². The Balaban J connectivity index is -0.00000121. The van der Waals surface area contributed by atoms with E-state index >= 15 is 0 Å². The molecule has 0 aliphatic carbocycles. The number of nitrogens with zero attached hydrogens (tertiary/aromatic N) is 6. The fourth-order valence-electron chi connectivity index (χ4n) is 10.3. The highest BCUT2D eigenvalue weighted by atomic mass is 127. The number of aliphatic hydroxyl groups excluding tert-OH is 1. The van der Waals surface area contributed by atoms with Gasteiger partial charge in [0, 0.05) is 65.2 Å². The summed E-state index contributed by atoms with van der Waals surface area (Å²) in [6.07, 6.45) is 1.22. The highest BCUT2D eigenvalue weighted by molar-refractivity contribution is 14.1. The number of nitrogens with two attached hydrogens (primary N) is 4. The number of anilines is 6. The number of hydrogen-bond acceptors (Lipinski definition) is 16. The number of fused-ring (bicyclic) bond motifs is 3. The van der Waals surface area contributed by atoms with E-state index in [1.807, 2.05) is 81.1 Å². The predicted molar refractivity (Wildman–Crippen MR) is 482 cm³/mol. The van der Waals surface area contributed by atoms with Crippen molar-refractivity contribution in [3.05, 3.63) is 225 Å². The Morgan fingerprint density at radius 2 is 0.938 bits per heavy atom. The van der Waals surface area contributed by atoms with E-state index in [2.05, 4.69) is 243 Å². The number of rotatable bonds is 13. The van der Waals surface area contributed by atoms with Crippen molar-refractivity contribution in [2.75, 3.05) is 39.8 Å². The van der Waals surface area contributed by atoms with Gasteiger partial charge in [-0.25, -0.2) is 4.98 Å². The molecule has 2 aliphatic rings. The van der Waals surface area contributed by atoms with Crippen molar-refractivity contribution in [2.45, 2.75) is 229 Å². The fourth-order valence-corrected chi connectivity index (χ4v) is 10.6. The lowest BCUT2D eigenvalue weighted by atomic mass is 9.98. The van der Waals surface area contributed by atoms with Crippen LogP contribution in [-0.4, -0.2) is 69.0 Å². The van der Waals surface area contributed by atoms with Crippen LogP contribution in [-0.2, 0) is 38.2 Å². The number of carbonyl (C=O) groups excluding carboxylic acids is 3. The predicted octanol–water partition coefficient (Wildman–Crippen LogP) is 24.3. The number of nitro benzene ring substituents is 2. The number of benzene rings is 7. The number of aromatic nitrogens is 2. The van der Waals surface area contributed by atoms with Crippen molar-refractivity contribution >= 4 is 160 Å². The van der Waals surface area contributed by atoms with E-state index in [1.165, 1.54) is 46.4 Å². The van der Waals surface area contributed by atoms with Crippen LogP contribution in [0.4, 0.5) is 45.5 Å². The standard InChI is InChI=1S/C14H19NO.C13H17ClN2.C12H15NO3.C11H13NO.C9H12N2O2.C9H14N2.C9H13N.C3H7I.C2H6O.Cl3OP.ClH.HNO3.H2/c1-9(2)11-5-6-13-12(7-11)8-14(16)15(13)10(3)4;1-8(2)10-5-6-12-11(7-10)15-13(14)16(12)9(3)4;1-8(2)10-4-5-11(6-9(3)14)12(7-10)13(15)16;1-7(2)8-3-4-9-6-11(13)12-10(9)5-8;1-6(2)7-3-4-8(10)9(5-7)11(12)13;1-6(2)7-3-4-8(10)9(11)5-7;1-7(2)8-3-5-9(10)6-4-8;1-3(2)4;1-2-3;1-5(2,3)4;;2-1(3)4;/h5-7,9-10H,8H2,1-4H3;5-9H,1-4H3;4-5,7-8H,6H2,1-3H3;3-5,7H,6H2,1-2H3,(H,12,13);3-6H,10H2,1-2H3;3-6H,10-11H2,1-2H3;3-7H,10H2,1-2H3;3H,1-2H3;3H,2H2,1H3;;1H;(H,2,3,4);1H. The van der Waals surface area contributed by atoms with Gasteiger partial charge >= 0.3 is 5.20 Å². The molecule has 0 saturated heterocycles. The summed E-state index contributed by atoms with van der Waals surface area (Å²) in [5.74, 6) is 3.45. The maximum atomic E-state index is 11.9. The molecule has 23 nitrogen and oxygen atoms in total. The SMILES string of the molecule is CC(=O)Cc1ccc(C(C)C)cc1[N+](=O)[O-].CC(C)I.CC(C)c1ccc(N)c(N)c1.CC(C)c1ccc(N)c([N+](=O)[O-])c1.CC(C)c1ccc(N)cc1.CC(C)c1ccc2c(c1)CC(=O)N2C(C)C.CC(C)c1ccc2c(c1)NC(=O)C2.CC(C)c1ccc2c(c1)nc(Cl)n2C(C)C.CCO.Cl.O=P(Cl)(Cl)Cl.O=[N+]([O-])O.[HH]. The lowest BCUT2D eigenvalue weighted by molar-refractivity contribution is -0.742. The van der Waals surface area contributed by atoms with E-state index in [0.717, 1.165) is 48.7 Å². The number of alkyl halides is 1. The molecule has 0 saturated carbocycles. The van der Waals surface area contributed by atoms with Gasteiger partial charge in [0.2, 0.25) is 17.1 Å². The highest BCUT2D eigenvalue weighted by Crippen LogP contribution is 2.61. The summed E-state index contributed by atoms with van der Waals surface area (Å²) in [6.45, 7) is 45.6. The average Bonchev–Trinajstić information content (AvgIpc) is 1.66. The molecular formula is C82H120Cl5IN11O12P. The molecule has 2 amide bonds. The molecule has 112 heavy (non-hydrogen) atoms. The van der Waals surface area contributed by atoms with Gasteiger partial charge in [0.05, 0.1) is 45.1 Å². The molecular weight excluding hydrogens is 1670 g/mol. The maximum absolute atomic E-state index is 11.9. The average molecular weight is 1790 g/mol. The Hall–Kier alpha value is -7.81. The van der Waals surface area contributed by atoms with Crippen molar-refractivity contribution in [3.8, 4) is 0 Å². The molecule has 3 heterocycles. The molecule has 0 fully saturated rings. The molecule has 2 aliphatic heterocycles. The Bertz CT molecular complexity index is 4320. The quantitative estimate of drug-likeness (QED) is 0.0141. The van der Waals surface area contributed by atoms with Gasteiger partial charge in [-0.2, -0.15) is 0 Å². The Morgan fingerprint density at radius 1 is 0.562 bits per heavy atom. The van der Waals surface area contributed by atoms with Gasteiger partial charge in [-0.1, -0.05) is 200 Å². The van der Waals surface area contributed by atoms with Crippen LogP contribution in [0.1, 0.15) is 257 Å². The van der Waals surface area contributed by atoms with Gasteiger partial charge in [0.1, 0.15) is 11.5 Å². The number of hydrogen-bond donors (Lipinski definition) is 7. The van der Waals surface area contributed by atoms with Crippen LogP contribution < -0.4 is 33.2 Å². The number of Topliss-reactive ketones (excluding diaryl/α,β-unsaturated/α-hetero) is 1. The Morgan fingerprint density at radius 3 is 1.36 bits per heavy atom. The molecule has 8 aromatic rings. The first-order valence-corrected chi connectivity index (χ1v) is 42.5. The van der Waals surface area contributed by atoms with Crippen LogP contribution in [0.5, 0.6) is 0 Å². The molecule has 1 aromatic heterocycles. The number of nitrogen functional groups attached to an aromatic ring is 4. The third-order valence-corrected chi connectivity index (χ3v) is 16.4. The molecule has 11 N–H and O–H groups in total. The van der Waals surface area contributed by atoms with E-state index in [1.54, 1.807) is 25.1 Å². The van der Waals surface area contributed by atoms with E-state index in [9.17, 15) is 39.2 Å². The number of nitro groups is 2. The van der Waals surface area contributed by atoms with Gasteiger partial charge in [-0.05, 0) is 233 Å². The van der Waals surface area contributed by atoms with E-state index in [4.69, 9.17) is 55.0 Å². The first kappa shape index (κ1) is 106. The summed E-state index contributed by atoms with van der Waals surface area (Å²) in [5, 5.41) is 42.8. The molecule has 30 heteroatoms. The van der Waals surface area contributed by atoms with Crippen LogP contribution >= 0.6 is 85.5 Å². The first-order chi connectivity index (χ1) is 51.3. The normalized spacial score (nSPS) is 11.4. The van der Waals surface area contributed by atoms with Gasteiger partial charge in [0.15, 0.2) is 0 Å². The van der Waals surface area contributed by atoms with E-state index in [0.29, 0.717) is 70.7 Å². The number of nitrogens with one attached hydrogen (secondary N) is 1. The molecule has 7 aromatic carbocycles. The monoisotopic (exact) mass is 1780 g/mol. The molecule has 0 radical (unpaired) electrons. The number of imidazole rings is 1. The van der Waals surface area contributed by atoms with Gasteiger partial charge < -0.3 is 48.0 Å². The zero-order valence-corrected chi connectivity index (χ0v) is 75.4. The molecule has 0 unspecified atom stereocenters. The molecule has 0 atom stereocenters. The molecule has 10 rings (SSSR count).